The quantitative estimate of drug-likeness (QED) is 0.781. The van der Waals surface area contributed by atoms with Gasteiger partial charge in [0, 0.05) is 6.54 Å². The molecule has 2 rings (SSSR count). The molecular formula is C14H19ClN2O3. The Morgan fingerprint density at radius 1 is 1.30 bits per heavy atom. The second-order valence-electron chi connectivity index (χ2n) is 4.62. The van der Waals surface area contributed by atoms with Gasteiger partial charge in [0.2, 0.25) is 5.91 Å². The van der Waals surface area contributed by atoms with E-state index in [1.54, 1.807) is 12.1 Å². The van der Waals surface area contributed by atoms with Gasteiger partial charge in [-0.15, -0.1) is 0 Å². The van der Waals surface area contributed by atoms with Crippen molar-refractivity contribution in [1.82, 2.24) is 5.32 Å². The molecule has 3 N–H and O–H groups in total. The number of hydrogen-bond donors (Lipinski definition) is 2. The number of ether oxygens (including phenoxy) is 2. The van der Waals surface area contributed by atoms with Crippen molar-refractivity contribution >= 4 is 17.5 Å². The summed E-state index contributed by atoms with van der Waals surface area (Å²) in [6.07, 6.45) is 2.08. The van der Waals surface area contributed by atoms with Crippen LogP contribution in [0.5, 0.6) is 11.5 Å². The summed E-state index contributed by atoms with van der Waals surface area (Å²) in [6.45, 7) is 2.29. The predicted octanol–water partition coefficient (Wildman–Crippen LogP) is 1.51. The van der Waals surface area contributed by atoms with Gasteiger partial charge in [-0.1, -0.05) is 11.6 Å². The average Bonchev–Trinajstić information content (AvgIpc) is 2.44. The first-order chi connectivity index (χ1) is 9.70. The lowest BCUT2D eigenvalue weighted by Gasteiger charge is -2.20. The predicted molar refractivity (Wildman–Crippen MR) is 77.4 cm³/mol. The molecule has 0 bridgehead atoms. The Labute approximate surface area is 123 Å². The Balaban J connectivity index is 1.92. The van der Waals surface area contributed by atoms with E-state index in [4.69, 9.17) is 26.8 Å². The second-order valence-corrected chi connectivity index (χ2v) is 5.03. The molecule has 0 spiro atoms. The maximum atomic E-state index is 11.8. The van der Waals surface area contributed by atoms with E-state index in [1.165, 1.54) is 0 Å². The third kappa shape index (κ3) is 4.02. The minimum absolute atomic E-state index is 0.0326. The lowest BCUT2D eigenvalue weighted by atomic mass is 10.1. The fourth-order valence-corrected chi connectivity index (χ4v) is 2.30. The first kappa shape index (κ1) is 14.9. The Hall–Kier alpha value is -1.46. The lowest BCUT2D eigenvalue weighted by molar-refractivity contribution is -0.120. The zero-order valence-corrected chi connectivity index (χ0v) is 12.0. The summed E-state index contributed by atoms with van der Waals surface area (Å²) in [5.41, 5.74) is 6.21. The van der Waals surface area contributed by atoms with Crippen molar-refractivity contribution in [3.63, 3.8) is 0 Å². The summed E-state index contributed by atoms with van der Waals surface area (Å²) in [4.78, 5) is 11.8. The van der Waals surface area contributed by atoms with Crippen LogP contribution in [0.15, 0.2) is 12.1 Å². The fraction of sp³-hybridized carbons (Fsp3) is 0.500. The zero-order valence-electron chi connectivity index (χ0n) is 11.3. The minimum Gasteiger partial charge on any atom is -0.486 e. The van der Waals surface area contributed by atoms with Crippen LogP contribution in [0.2, 0.25) is 5.02 Å². The first-order valence-corrected chi connectivity index (χ1v) is 7.13. The van der Waals surface area contributed by atoms with Crippen LogP contribution in [0.25, 0.3) is 0 Å². The molecule has 1 heterocycles. The van der Waals surface area contributed by atoms with Gasteiger partial charge in [0.25, 0.3) is 0 Å². The molecule has 1 aliphatic heterocycles. The largest absolute Gasteiger partial charge is 0.486 e. The number of fused-ring (bicyclic) bond motifs is 1. The van der Waals surface area contributed by atoms with Gasteiger partial charge in [0.1, 0.15) is 13.2 Å². The molecule has 1 amide bonds. The molecule has 1 aliphatic rings. The molecule has 1 aromatic carbocycles. The maximum Gasteiger partial charge on any atom is 0.224 e. The van der Waals surface area contributed by atoms with Gasteiger partial charge in [-0.3, -0.25) is 4.79 Å². The lowest BCUT2D eigenvalue weighted by Crippen LogP contribution is -2.26. The molecule has 5 nitrogen and oxygen atoms in total. The molecule has 0 fully saturated rings. The summed E-state index contributed by atoms with van der Waals surface area (Å²) >= 11 is 6.13. The normalized spacial score (nSPS) is 13.1. The van der Waals surface area contributed by atoms with Crippen LogP contribution in [0.3, 0.4) is 0 Å². The highest BCUT2D eigenvalue weighted by atomic mass is 35.5. The molecule has 6 heteroatoms. The minimum atomic E-state index is -0.0326. The van der Waals surface area contributed by atoms with E-state index in [9.17, 15) is 4.79 Å². The number of unbranched alkanes of at least 4 members (excludes halogenated alkanes) is 1. The van der Waals surface area contributed by atoms with Crippen LogP contribution >= 0.6 is 11.6 Å². The van der Waals surface area contributed by atoms with Crippen molar-refractivity contribution in [3.8, 4) is 11.5 Å². The number of benzene rings is 1. The molecule has 0 saturated heterocycles. The smallest absolute Gasteiger partial charge is 0.224 e. The third-order valence-electron chi connectivity index (χ3n) is 2.97. The van der Waals surface area contributed by atoms with Crippen molar-refractivity contribution in [2.45, 2.75) is 19.3 Å². The number of nitrogens with two attached hydrogens (primary N) is 1. The SMILES string of the molecule is NCCCCNC(=O)Cc1cc(Cl)c2c(c1)OCCO2. The Morgan fingerprint density at radius 3 is 2.90 bits per heavy atom. The van der Waals surface area contributed by atoms with E-state index in [0.717, 1.165) is 18.4 Å². The Kier molecular flexibility index (Phi) is 5.49. The summed E-state index contributed by atoms with van der Waals surface area (Å²) in [7, 11) is 0. The van der Waals surface area contributed by atoms with Gasteiger partial charge in [0.05, 0.1) is 11.4 Å². The van der Waals surface area contributed by atoms with Crippen LogP contribution in [-0.4, -0.2) is 32.2 Å². The number of hydrogen-bond acceptors (Lipinski definition) is 4. The number of amides is 1. The number of carbonyl (C=O) groups is 1. The number of halogens is 1. The van der Waals surface area contributed by atoms with Crippen molar-refractivity contribution in [2.75, 3.05) is 26.3 Å². The van der Waals surface area contributed by atoms with Crippen LogP contribution in [-0.2, 0) is 11.2 Å². The van der Waals surface area contributed by atoms with Gasteiger partial charge in [-0.05, 0) is 37.1 Å². The van der Waals surface area contributed by atoms with Gasteiger partial charge >= 0.3 is 0 Å². The molecule has 0 unspecified atom stereocenters. The monoisotopic (exact) mass is 298 g/mol. The molecule has 20 heavy (non-hydrogen) atoms. The first-order valence-electron chi connectivity index (χ1n) is 6.75. The summed E-state index contributed by atoms with van der Waals surface area (Å²) in [6, 6.07) is 3.55. The highest BCUT2D eigenvalue weighted by Gasteiger charge is 2.17. The van der Waals surface area contributed by atoms with E-state index in [0.29, 0.717) is 42.8 Å². The van der Waals surface area contributed by atoms with E-state index >= 15 is 0 Å². The van der Waals surface area contributed by atoms with Gasteiger partial charge in [-0.25, -0.2) is 0 Å². The highest BCUT2D eigenvalue weighted by molar-refractivity contribution is 6.32. The summed E-state index contributed by atoms with van der Waals surface area (Å²) in [5.74, 6) is 1.13. The molecule has 1 aromatic rings. The van der Waals surface area contributed by atoms with E-state index in [1.807, 2.05) is 0 Å². The van der Waals surface area contributed by atoms with Gasteiger partial charge < -0.3 is 20.5 Å². The topological polar surface area (TPSA) is 73.6 Å². The van der Waals surface area contributed by atoms with Crippen molar-refractivity contribution in [1.29, 1.82) is 0 Å². The second kappa shape index (κ2) is 7.36. The Bertz CT molecular complexity index is 480. The highest BCUT2D eigenvalue weighted by Crippen LogP contribution is 2.38. The molecule has 0 aromatic heterocycles. The number of carbonyl (C=O) groups excluding carboxylic acids is 1. The molecule has 0 radical (unpaired) electrons. The maximum absolute atomic E-state index is 11.8. The van der Waals surface area contributed by atoms with E-state index in [2.05, 4.69) is 5.32 Å². The number of rotatable bonds is 6. The van der Waals surface area contributed by atoms with Gasteiger partial charge in [-0.2, -0.15) is 0 Å². The number of nitrogens with one attached hydrogen (secondary N) is 1. The third-order valence-corrected chi connectivity index (χ3v) is 3.26. The summed E-state index contributed by atoms with van der Waals surface area (Å²) < 4.78 is 10.9. The van der Waals surface area contributed by atoms with Crippen molar-refractivity contribution < 1.29 is 14.3 Å². The molecule has 110 valence electrons. The van der Waals surface area contributed by atoms with Crippen LogP contribution < -0.4 is 20.5 Å². The molecular weight excluding hydrogens is 280 g/mol. The molecule has 0 saturated carbocycles. The fourth-order valence-electron chi connectivity index (χ4n) is 2.01. The molecule has 0 atom stereocenters. The molecule has 0 aliphatic carbocycles. The van der Waals surface area contributed by atoms with E-state index < -0.39 is 0 Å². The standard InChI is InChI=1S/C14H19ClN2O3/c15-11-7-10(8-12-14(11)20-6-5-19-12)9-13(18)17-4-2-1-3-16/h7-8H,1-6,9,16H2,(H,17,18). The average molecular weight is 299 g/mol. The van der Waals surface area contributed by atoms with E-state index in [-0.39, 0.29) is 12.3 Å². The zero-order chi connectivity index (χ0) is 14.4. The van der Waals surface area contributed by atoms with Crippen LogP contribution in [0.4, 0.5) is 0 Å². The summed E-state index contributed by atoms with van der Waals surface area (Å²) in [5, 5.41) is 3.34. The van der Waals surface area contributed by atoms with Crippen LogP contribution in [0, 0.1) is 0 Å². The Morgan fingerprint density at radius 2 is 2.10 bits per heavy atom. The van der Waals surface area contributed by atoms with Crippen molar-refractivity contribution in [3.05, 3.63) is 22.7 Å². The van der Waals surface area contributed by atoms with Crippen molar-refractivity contribution in [2.24, 2.45) is 5.73 Å². The van der Waals surface area contributed by atoms with Gasteiger partial charge in [0.15, 0.2) is 11.5 Å². The van der Waals surface area contributed by atoms with Crippen LogP contribution in [0.1, 0.15) is 18.4 Å².